The molecule has 1 rings (SSSR count). The minimum atomic E-state index is 0.916. The summed E-state index contributed by atoms with van der Waals surface area (Å²) in [4.78, 5) is 4.90. The van der Waals surface area contributed by atoms with E-state index in [2.05, 4.69) is 30.5 Å². The van der Waals surface area contributed by atoms with Crippen molar-refractivity contribution in [3.05, 3.63) is 35.9 Å². The van der Waals surface area contributed by atoms with Gasteiger partial charge in [0.1, 0.15) is 0 Å². The van der Waals surface area contributed by atoms with Crippen LogP contribution < -0.4 is 11.0 Å². The predicted molar refractivity (Wildman–Crippen MR) is 64.3 cm³/mol. The highest BCUT2D eigenvalue weighted by atomic mass is 16.8. The summed E-state index contributed by atoms with van der Waals surface area (Å²) in [6, 6.07) is 6.12. The zero-order chi connectivity index (χ0) is 11.3. The summed E-state index contributed by atoms with van der Waals surface area (Å²) in [7, 11) is 1.70. The first kappa shape index (κ1) is 11.8. The van der Waals surface area contributed by atoms with E-state index in [-0.39, 0.29) is 0 Å². The molecule has 0 bridgehead atoms. The second-order valence-corrected chi connectivity index (χ2v) is 3.41. The molecule has 1 aromatic rings. The molecule has 0 fully saturated rings. The summed E-state index contributed by atoms with van der Waals surface area (Å²) in [6.45, 7) is 8.12. The monoisotopic (exact) mass is 206 g/mol. The van der Waals surface area contributed by atoms with Crippen molar-refractivity contribution in [2.45, 2.75) is 20.3 Å². The number of benzene rings is 1. The van der Waals surface area contributed by atoms with E-state index < -0.39 is 0 Å². The normalized spacial score (nSPS) is 10.1. The number of nitrogens with one attached hydrogen (secondary N) is 2. The number of aryl methyl sites for hydroxylation is 1. The molecule has 3 heteroatoms. The van der Waals surface area contributed by atoms with Crippen LogP contribution in [0.5, 0.6) is 0 Å². The molecule has 2 N–H and O–H groups in total. The van der Waals surface area contributed by atoms with Crippen molar-refractivity contribution in [2.24, 2.45) is 0 Å². The summed E-state index contributed by atoms with van der Waals surface area (Å²) >= 11 is 0. The molecule has 0 aliphatic heterocycles. The maximum Gasteiger partial charge on any atom is 0.0629 e. The van der Waals surface area contributed by atoms with Crippen molar-refractivity contribution in [1.82, 2.24) is 5.48 Å². The van der Waals surface area contributed by atoms with Crippen LogP contribution in [0.4, 0.5) is 5.69 Å². The average molecular weight is 206 g/mol. The molecule has 0 aliphatic rings. The van der Waals surface area contributed by atoms with Gasteiger partial charge < -0.3 is 0 Å². The zero-order valence-electron chi connectivity index (χ0n) is 9.55. The number of rotatable bonds is 5. The van der Waals surface area contributed by atoms with Crippen LogP contribution in [-0.2, 0) is 11.4 Å². The molecule has 0 heterocycles. The number of allylic oxidation sites excluding steroid dienone is 1. The van der Waals surface area contributed by atoms with E-state index in [4.69, 9.17) is 4.94 Å². The Hall–Kier alpha value is -1.32. The van der Waals surface area contributed by atoms with Crippen LogP contribution in [-0.4, -0.2) is 7.05 Å². The Labute approximate surface area is 91.1 Å². The molecule has 0 radical (unpaired) electrons. The van der Waals surface area contributed by atoms with E-state index in [0.29, 0.717) is 0 Å². The third-order valence-corrected chi connectivity index (χ3v) is 2.22. The fraction of sp³-hybridized carbons (Fsp3) is 0.333. The van der Waals surface area contributed by atoms with Gasteiger partial charge in [0.2, 0.25) is 0 Å². The third-order valence-electron chi connectivity index (χ3n) is 2.22. The standard InChI is InChI=1S/C12H18N2O/c1-5-10-6-7-11(14-15-13-4)8-12(10)9(2)3/h6-8,13-14H,2,5H2,1,3-4H3. The Morgan fingerprint density at radius 3 is 2.73 bits per heavy atom. The molecule has 15 heavy (non-hydrogen) atoms. The number of hydrogen-bond acceptors (Lipinski definition) is 3. The second kappa shape index (κ2) is 5.53. The largest absolute Gasteiger partial charge is 0.248 e. The second-order valence-electron chi connectivity index (χ2n) is 3.41. The van der Waals surface area contributed by atoms with Crippen LogP contribution in [0.25, 0.3) is 5.57 Å². The fourth-order valence-corrected chi connectivity index (χ4v) is 1.46. The molecule has 0 unspecified atom stereocenters. The van der Waals surface area contributed by atoms with Crippen LogP contribution in [0.15, 0.2) is 24.8 Å². The Kier molecular flexibility index (Phi) is 4.34. The van der Waals surface area contributed by atoms with E-state index >= 15 is 0 Å². The number of anilines is 1. The summed E-state index contributed by atoms with van der Waals surface area (Å²) in [5.41, 5.74) is 9.82. The molecular weight excluding hydrogens is 188 g/mol. The van der Waals surface area contributed by atoms with E-state index in [9.17, 15) is 0 Å². The van der Waals surface area contributed by atoms with E-state index in [0.717, 1.165) is 17.7 Å². The third kappa shape index (κ3) is 3.08. The van der Waals surface area contributed by atoms with Gasteiger partial charge in [0.15, 0.2) is 0 Å². The smallest absolute Gasteiger partial charge is 0.0629 e. The summed E-state index contributed by atoms with van der Waals surface area (Å²) in [6.07, 6.45) is 1.01. The van der Waals surface area contributed by atoms with Crippen LogP contribution in [0, 0.1) is 0 Å². The van der Waals surface area contributed by atoms with Crippen LogP contribution in [0.1, 0.15) is 25.0 Å². The van der Waals surface area contributed by atoms with E-state index in [1.807, 2.05) is 19.1 Å². The van der Waals surface area contributed by atoms with Crippen molar-refractivity contribution >= 4 is 11.3 Å². The van der Waals surface area contributed by atoms with Crippen molar-refractivity contribution in [3.63, 3.8) is 0 Å². The maximum atomic E-state index is 4.90. The van der Waals surface area contributed by atoms with Crippen molar-refractivity contribution in [2.75, 3.05) is 12.5 Å². The summed E-state index contributed by atoms with van der Waals surface area (Å²) < 4.78 is 0. The summed E-state index contributed by atoms with van der Waals surface area (Å²) in [5, 5.41) is 0. The van der Waals surface area contributed by atoms with Crippen molar-refractivity contribution in [3.8, 4) is 0 Å². The molecule has 0 spiro atoms. The van der Waals surface area contributed by atoms with Crippen LogP contribution in [0.3, 0.4) is 0 Å². The lowest BCUT2D eigenvalue weighted by molar-refractivity contribution is 0.109. The van der Waals surface area contributed by atoms with Gasteiger partial charge in [-0.05, 0) is 36.6 Å². The minimum Gasteiger partial charge on any atom is -0.248 e. The Bertz CT molecular complexity index is 347. The van der Waals surface area contributed by atoms with Gasteiger partial charge in [-0.1, -0.05) is 25.1 Å². The van der Waals surface area contributed by atoms with Gasteiger partial charge in [-0.2, -0.15) is 10.4 Å². The maximum absolute atomic E-state index is 4.90. The van der Waals surface area contributed by atoms with E-state index in [1.54, 1.807) is 7.05 Å². The lowest BCUT2D eigenvalue weighted by atomic mass is 9.99. The Morgan fingerprint density at radius 2 is 2.20 bits per heavy atom. The number of hydroxylamine groups is 1. The minimum absolute atomic E-state index is 0.916. The van der Waals surface area contributed by atoms with Crippen LogP contribution in [0.2, 0.25) is 0 Å². The molecule has 82 valence electrons. The van der Waals surface area contributed by atoms with Gasteiger partial charge in [-0.25, -0.2) is 5.48 Å². The molecule has 0 aliphatic carbocycles. The molecule has 0 atom stereocenters. The molecule has 0 saturated heterocycles. The predicted octanol–water partition coefficient (Wildman–Crippen LogP) is 2.76. The summed E-state index contributed by atoms with van der Waals surface area (Å²) in [5.74, 6) is 0. The van der Waals surface area contributed by atoms with Gasteiger partial charge in [0.25, 0.3) is 0 Å². The average Bonchev–Trinajstić information content (AvgIpc) is 2.25. The van der Waals surface area contributed by atoms with Gasteiger partial charge in [-0.15, -0.1) is 0 Å². The number of hydrogen-bond donors (Lipinski definition) is 2. The molecule has 3 nitrogen and oxygen atoms in total. The Balaban J connectivity index is 2.94. The molecule has 0 saturated carbocycles. The fourth-order valence-electron chi connectivity index (χ4n) is 1.46. The van der Waals surface area contributed by atoms with Crippen molar-refractivity contribution < 1.29 is 4.94 Å². The zero-order valence-corrected chi connectivity index (χ0v) is 9.55. The van der Waals surface area contributed by atoms with Crippen molar-refractivity contribution in [1.29, 1.82) is 0 Å². The highest BCUT2D eigenvalue weighted by molar-refractivity contribution is 5.68. The highest BCUT2D eigenvalue weighted by Gasteiger charge is 2.03. The first-order chi connectivity index (χ1) is 7.19. The van der Waals surface area contributed by atoms with Gasteiger partial charge >= 0.3 is 0 Å². The molecule has 0 aromatic heterocycles. The Morgan fingerprint density at radius 1 is 1.47 bits per heavy atom. The first-order valence-corrected chi connectivity index (χ1v) is 5.06. The first-order valence-electron chi connectivity index (χ1n) is 5.06. The molecule has 0 amide bonds. The molecular formula is C12H18N2O. The molecule has 1 aromatic carbocycles. The van der Waals surface area contributed by atoms with Gasteiger partial charge in [-0.3, -0.25) is 0 Å². The van der Waals surface area contributed by atoms with E-state index in [1.165, 1.54) is 11.1 Å². The SMILES string of the molecule is C=C(C)c1cc(NONC)ccc1CC. The topological polar surface area (TPSA) is 33.3 Å². The van der Waals surface area contributed by atoms with Gasteiger partial charge in [0.05, 0.1) is 5.69 Å². The quantitative estimate of drug-likeness (QED) is 0.727. The van der Waals surface area contributed by atoms with Crippen LogP contribution >= 0.6 is 0 Å². The van der Waals surface area contributed by atoms with Gasteiger partial charge in [0, 0.05) is 7.05 Å². The lowest BCUT2D eigenvalue weighted by Gasteiger charge is -2.11. The lowest BCUT2D eigenvalue weighted by Crippen LogP contribution is -2.13. The highest BCUT2D eigenvalue weighted by Crippen LogP contribution is 2.22.